The third-order valence-corrected chi connectivity index (χ3v) is 3.36. The number of nitrogens with one attached hydrogen (secondary N) is 1. The van der Waals surface area contributed by atoms with Gasteiger partial charge in [-0.25, -0.2) is 0 Å². The Bertz CT molecular complexity index is 146. The zero-order valence-electron chi connectivity index (χ0n) is 9.79. The molecule has 14 heavy (non-hydrogen) atoms. The van der Waals surface area contributed by atoms with Crippen molar-refractivity contribution in [2.24, 2.45) is 11.8 Å². The normalized spacial score (nSPS) is 35.6. The molecule has 0 amide bonds. The minimum absolute atomic E-state index is 0.274. The Hall–Kier alpha value is -0.0800. The molecule has 0 bridgehead atoms. The van der Waals surface area contributed by atoms with Crippen LogP contribution in [-0.4, -0.2) is 23.8 Å². The number of rotatable bonds is 4. The van der Waals surface area contributed by atoms with Gasteiger partial charge < -0.3 is 10.4 Å². The highest BCUT2D eigenvalue weighted by Gasteiger charge is 2.24. The molecule has 0 aromatic heterocycles. The fraction of sp³-hybridized carbons (Fsp3) is 1.00. The average molecular weight is 199 g/mol. The smallest absolute Gasteiger partial charge is 0.0584 e. The number of aliphatic hydroxyl groups excluding tert-OH is 1. The van der Waals surface area contributed by atoms with E-state index < -0.39 is 0 Å². The molecule has 84 valence electrons. The van der Waals surface area contributed by atoms with Crippen LogP contribution in [0, 0.1) is 11.8 Å². The summed E-state index contributed by atoms with van der Waals surface area (Å²) in [5.74, 6) is 1.68. The fourth-order valence-electron chi connectivity index (χ4n) is 2.72. The Balaban J connectivity index is 2.35. The fourth-order valence-corrected chi connectivity index (χ4v) is 2.72. The molecule has 0 spiro atoms. The summed E-state index contributed by atoms with van der Waals surface area (Å²) in [6.45, 7) is 7.08. The Kier molecular flexibility index (Phi) is 4.90. The van der Waals surface area contributed by atoms with Crippen molar-refractivity contribution in [1.82, 2.24) is 5.32 Å². The Morgan fingerprint density at radius 3 is 2.21 bits per heavy atom. The number of hydrogen-bond donors (Lipinski definition) is 2. The lowest BCUT2D eigenvalue weighted by Gasteiger charge is -2.34. The number of aliphatic hydroxyl groups is 1. The lowest BCUT2D eigenvalue weighted by molar-refractivity contribution is 0.184. The van der Waals surface area contributed by atoms with E-state index in [0.717, 1.165) is 18.3 Å². The first-order chi connectivity index (χ1) is 6.65. The summed E-state index contributed by atoms with van der Waals surface area (Å²) in [7, 11) is 0. The summed E-state index contributed by atoms with van der Waals surface area (Å²) in [6, 6.07) is 0.934. The van der Waals surface area contributed by atoms with Gasteiger partial charge in [-0.05, 0) is 37.5 Å². The molecule has 1 rings (SSSR count). The zero-order chi connectivity index (χ0) is 10.6. The lowest BCUT2D eigenvalue weighted by Crippen LogP contribution is -2.43. The van der Waals surface area contributed by atoms with Gasteiger partial charge in [0.25, 0.3) is 0 Å². The van der Waals surface area contributed by atoms with Crippen LogP contribution in [0.15, 0.2) is 0 Å². The largest absolute Gasteiger partial charge is 0.395 e. The first-order valence-corrected chi connectivity index (χ1v) is 6.02. The highest BCUT2D eigenvalue weighted by molar-refractivity contribution is 4.81. The van der Waals surface area contributed by atoms with Gasteiger partial charge in [-0.3, -0.25) is 0 Å². The van der Waals surface area contributed by atoms with Crippen LogP contribution in [0.4, 0.5) is 0 Å². The SMILES string of the molecule is CC[C@H](CO)NC1C[C@@H](C)C[C@@H](C)C1. The summed E-state index contributed by atoms with van der Waals surface area (Å²) >= 11 is 0. The minimum Gasteiger partial charge on any atom is -0.395 e. The van der Waals surface area contributed by atoms with Crippen LogP contribution in [0.1, 0.15) is 46.5 Å². The van der Waals surface area contributed by atoms with Gasteiger partial charge in [-0.15, -0.1) is 0 Å². The van der Waals surface area contributed by atoms with Crippen LogP contribution >= 0.6 is 0 Å². The Morgan fingerprint density at radius 1 is 1.21 bits per heavy atom. The van der Waals surface area contributed by atoms with Crippen LogP contribution in [0.2, 0.25) is 0 Å². The topological polar surface area (TPSA) is 32.3 Å². The molecule has 1 unspecified atom stereocenters. The van der Waals surface area contributed by atoms with Crippen LogP contribution < -0.4 is 5.32 Å². The molecule has 0 aromatic rings. The number of hydrogen-bond acceptors (Lipinski definition) is 2. The van der Waals surface area contributed by atoms with Crippen LogP contribution in [-0.2, 0) is 0 Å². The standard InChI is InChI=1S/C12H25NO/c1-4-11(8-14)13-12-6-9(2)5-10(3)7-12/h9-14H,4-8H2,1-3H3/t9-,10+,11-,12?/m1/s1. The second-order valence-electron chi connectivity index (χ2n) is 5.07. The van der Waals surface area contributed by atoms with E-state index in [0.29, 0.717) is 12.1 Å². The van der Waals surface area contributed by atoms with E-state index in [4.69, 9.17) is 5.11 Å². The molecule has 2 nitrogen and oxygen atoms in total. The predicted molar refractivity (Wildman–Crippen MR) is 60.3 cm³/mol. The van der Waals surface area contributed by atoms with Crippen molar-refractivity contribution in [3.63, 3.8) is 0 Å². The van der Waals surface area contributed by atoms with E-state index >= 15 is 0 Å². The van der Waals surface area contributed by atoms with Gasteiger partial charge in [0.15, 0.2) is 0 Å². The molecule has 0 aliphatic heterocycles. The van der Waals surface area contributed by atoms with Gasteiger partial charge in [0.1, 0.15) is 0 Å². The molecule has 4 atom stereocenters. The minimum atomic E-state index is 0.274. The molecule has 0 heterocycles. The predicted octanol–water partition coefficient (Wildman–Crippen LogP) is 2.17. The molecule has 1 aliphatic carbocycles. The van der Waals surface area contributed by atoms with Gasteiger partial charge in [0, 0.05) is 12.1 Å². The molecular formula is C12H25NO. The van der Waals surface area contributed by atoms with Crippen molar-refractivity contribution in [2.75, 3.05) is 6.61 Å². The van der Waals surface area contributed by atoms with E-state index in [1.54, 1.807) is 0 Å². The highest BCUT2D eigenvalue weighted by atomic mass is 16.3. The van der Waals surface area contributed by atoms with Crippen LogP contribution in [0.25, 0.3) is 0 Å². The highest BCUT2D eigenvalue weighted by Crippen LogP contribution is 2.28. The molecule has 1 fully saturated rings. The van der Waals surface area contributed by atoms with Gasteiger partial charge in [0.2, 0.25) is 0 Å². The molecule has 0 saturated heterocycles. The van der Waals surface area contributed by atoms with Crippen LogP contribution in [0.3, 0.4) is 0 Å². The Morgan fingerprint density at radius 2 is 1.79 bits per heavy atom. The summed E-state index contributed by atoms with van der Waals surface area (Å²) in [5.41, 5.74) is 0. The maximum absolute atomic E-state index is 9.13. The van der Waals surface area contributed by atoms with Crippen LogP contribution in [0.5, 0.6) is 0 Å². The second-order valence-corrected chi connectivity index (χ2v) is 5.07. The van der Waals surface area contributed by atoms with Crippen molar-refractivity contribution in [2.45, 2.75) is 58.5 Å². The summed E-state index contributed by atoms with van der Waals surface area (Å²) in [6.07, 6.45) is 4.95. The summed E-state index contributed by atoms with van der Waals surface area (Å²) in [5, 5.41) is 12.7. The summed E-state index contributed by atoms with van der Waals surface area (Å²) < 4.78 is 0. The molecule has 0 radical (unpaired) electrons. The third kappa shape index (κ3) is 3.58. The molecule has 1 aliphatic rings. The second kappa shape index (κ2) is 5.72. The van der Waals surface area contributed by atoms with Gasteiger partial charge in [-0.2, -0.15) is 0 Å². The Labute approximate surface area is 88.1 Å². The van der Waals surface area contributed by atoms with Gasteiger partial charge in [0.05, 0.1) is 6.61 Å². The summed E-state index contributed by atoms with van der Waals surface area (Å²) in [4.78, 5) is 0. The molecular weight excluding hydrogens is 174 g/mol. The maximum Gasteiger partial charge on any atom is 0.0584 e. The quantitative estimate of drug-likeness (QED) is 0.727. The van der Waals surface area contributed by atoms with Gasteiger partial charge in [-0.1, -0.05) is 20.8 Å². The lowest BCUT2D eigenvalue weighted by atomic mass is 9.80. The van der Waals surface area contributed by atoms with E-state index in [2.05, 4.69) is 26.1 Å². The monoisotopic (exact) mass is 199 g/mol. The van der Waals surface area contributed by atoms with Crippen molar-refractivity contribution >= 4 is 0 Å². The van der Waals surface area contributed by atoms with E-state index in [9.17, 15) is 0 Å². The maximum atomic E-state index is 9.13. The van der Waals surface area contributed by atoms with E-state index in [-0.39, 0.29) is 6.61 Å². The first-order valence-electron chi connectivity index (χ1n) is 6.02. The third-order valence-electron chi connectivity index (χ3n) is 3.36. The average Bonchev–Trinajstić information content (AvgIpc) is 2.12. The van der Waals surface area contributed by atoms with Gasteiger partial charge >= 0.3 is 0 Å². The molecule has 0 aromatic carbocycles. The first kappa shape index (κ1) is 12.0. The van der Waals surface area contributed by atoms with Crippen molar-refractivity contribution in [3.05, 3.63) is 0 Å². The zero-order valence-corrected chi connectivity index (χ0v) is 9.79. The van der Waals surface area contributed by atoms with E-state index in [1.807, 2.05) is 0 Å². The molecule has 2 heteroatoms. The molecule has 1 saturated carbocycles. The van der Waals surface area contributed by atoms with Crippen molar-refractivity contribution < 1.29 is 5.11 Å². The van der Waals surface area contributed by atoms with Crippen molar-refractivity contribution in [3.8, 4) is 0 Å². The van der Waals surface area contributed by atoms with E-state index in [1.165, 1.54) is 19.3 Å². The molecule has 2 N–H and O–H groups in total. The van der Waals surface area contributed by atoms with Crippen molar-refractivity contribution in [1.29, 1.82) is 0 Å².